The van der Waals surface area contributed by atoms with E-state index in [4.69, 9.17) is 5.11 Å². The Bertz CT molecular complexity index is 387. The normalized spacial score (nSPS) is 9.40. The maximum absolute atomic E-state index is 10.6. The van der Waals surface area contributed by atoms with E-state index in [-0.39, 0.29) is 0 Å². The lowest BCUT2D eigenvalue weighted by atomic mass is 10.3. The van der Waals surface area contributed by atoms with Gasteiger partial charge in [-0.15, -0.1) is 23.2 Å². The van der Waals surface area contributed by atoms with Crippen LogP contribution in [-0.2, 0) is 6.54 Å². The van der Waals surface area contributed by atoms with E-state index < -0.39 is 5.97 Å². The number of carbonyl (C=O) groups is 1. The number of hydrogen-bond acceptors (Lipinski definition) is 3. The van der Waals surface area contributed by atoms with Crippen LogP contribution < -0.4 is 5.32 Å². The molecular weight excluding hydrogens is 210 g/mol. The van der Waals surface area contributed by atoms with Crippen LogP contribution in [0.25, 0.3) is 0 Å². The molecule has 0 spiro atoms. The van der Waals surface area contributed by atoms with Crippen molar-refractivity contribution >= 4 is 17.3 Å². The number of nitrogens with one attached hydrogen (secondary N) is 1. The molecule has 0 aromatic carbocycles. The third-order valence-corrected chi connectivity index (χ3v) is 2.74. The van der Waals surface area contributed by atoms with Crippen molar-refractivity contribution in [2.75, 3.05) is 6.54 Å². The van der Waals surface area contributed by atoms with Crippen LogP contribution in [0.2, 0.25) is 0 Å². The van der Waals surface area contributed by atoms with E-state index in [1.807, 2.05) is 6.92 Å². The molecule has 0 radical (unpaired) electrons. The van der Waals surface area contributed by atoms with Crippen molar-refractivity contribution in [3.05, 3.63) is 21.9 Å². The second-order valence-corrected chi connectivity index (χ2v) is 3.96. The summed E-state index contributed by atoms with van der Waals surface area (Å²) in [7, 11) is 0. The van der Waals surface area contributed by atoms with Gasteiger partial charge in [-0.3, -0.25) is 0 Å². The Morgan fingerprint density at radius 2 is 2.47 bits per heavy atom. The third-order valence-electron chi connectivity index (χ3n) is 1.80. The highest BCUT2D eigenvalue weighted by molar-refractivity contribution is 7.10. The molecule has 1 aromatic heterocycles. The Morgan fingerprint density at radius 1 is 1.67 bits per heavy atom. The maximum atomic E-state index is 10.6. The monoisotopic (exact) mass is 223 g/mol. The van der Waals surface area contributed by atoms with Crippen LogP contribution in [0, 0.1) is 11.8 Å². The summed E-state index contributed by atoms with van der Waals surface area (Å²) in [6.07, 6.45) is 0.827. The minimum absolute atomic E-state index is 0.366. The number of carboxylic acids is 1. The fourth-order valence-corrected chi connectivity index (χ4v) is 1.90. The summed E-state index contributed by atoms with van der Waals surface area (Å²) in [4.78, 5) is 11.6. The Balaban J connectivity index is 2.30. The largest absolute Gasteiger partial charge is 0.478 e. The predicted octanol–water partition coefficient (Wildman–Crippen LogP) is 1.95. The second kappa shape index (κ2) is 6.23. The van der Waals surface area contributed by atoms with Gasteiger partial charge in [-0.05, 0) is 13.0 Å². The van der Waals surface area contributed by atoms with E-state index in [1.54, 1.807) is 11.4 Å². The molecule has 1 rings (SSSR count). The first-order valence-electron chi connectivity index (χ1n) is 4.65. The zero-order chi connectivity index (χ0) is 11.1. The number of hydrogen-bond donors (Lipinski definition) is 2. The first kappa shape index (κ1) is 11.8. The standard InChI is InChI=1S/C11H13NO2S/c1-2-3-4-5-12-7-10-6-9(8-15-10)11(13)14/h6,8,12H,4-5,7H2,1H3,(H,13,14). The first-order chi connectivity index (χ1) is 7.24. The van der Waals surface area contributed by atoms with Gasteiger partial charge in [-0.2, -0.15) is 0 Å². The molecule has 0 atom stereocenters. The predicted molar refractivity (Wildman–Crippen MR) is 61.1 cm³/mol. The zero-order valence-corrected chi connectivity index (χ0v) is 9.36. The quantitative estimate of drug-likeness (QED) is 0.592. The van der Waals surface area contributed by atoms with Crippen LogP contribution in [0.1, 0.15) is 28.6 Å². The van der Waals surface area contributed by atoms with Crippen LogP contribution >= 0.6 is 11.3 Å². The molecule has 0 fully saturated rings. The summed E-state index contributed by atoms with van der Waals surface area (Å²) < 4.78 is 0. The summed E-state index contributed by atoms with van der Waals surface area (Å²) in [5, 5.41) is 13.6. The van der Waals surface area contributed by atoms with Gasteiger partial charge < -0.3 is 10.4 Å². The molecule has 0 unspecified atom stereocenters. The maximum Gasteiger partial charge on any atom is 0.336 e. The van der Waals surface area contributed by atoms with Gasteiger partial charge >= 0.3 is 5.97 Å². The molecule has 15 heavy (non-hydrogen) atoms. The molecule has 1 heterocycles. The van der Waals surface area contributed by atoms with Crippen molar-refractivity contribution in [1.29, 1.82) is 0 Å². The lowest BCUT2D eigenvalue weighted by molar-refractivity contribution is 0.0697. The van der Waals surface area contributed by atoms with E-state index in [0.717, 1.165) is 17.8 Å². The van der Waals surface area contributed by atoms with Crippen molar-refractivity contribution in [3.63, 3.8) is 0 Å². The summed E-state index contributed by atoms with van der Waals surface area (Å²) in [6, 6.07) is 1.70. The van der Waals surface area contributed by atoms with E-state index in [1.165, 1.54) is 11.3 Å². The summed E-state index contributed by atoms with van der Waals surface area (Å²) in [6.45, 7) is 3.36. The molecule has 4 heteroatoms. The molecule has 0 saturated heterocycles. The van der Waals surface area contributed by atoms with E-state index in [2.05, 4.69) is 17.2 Å². The molecule has 0 amide bonds. The average Bonchev–Trinajstić information content (AvgIpc) is 2.66. The van der Waals surface area contributed by atoms with Crippen molar-refractivity contribution in [2.45, 2.75) is 19.9 Å². The second-order valence-electron chi connectivity index (χ2n) is 2.96. The number of rotatable bonds is 5. The number of carboxylic acid groups (broad SMARTS) is 1. The molecule has 0 aliphatic rings. The topological polar surface area (TPSA) is 49.3 Å². The first-order valence-corrected chi connectivity index (χ1v) is 5.53. The van der Waals surface area contributed by atoms with Gasteiger partial charge in [0.2, 0.25) is 0 Å². The molecule has 3 nitrogen and oxygen atoms in total. The van der Waals surface area contributed by atoms with Gasteiger partial charge in [-0.1, -0.05) is 0 Å². The van der Waals surface area contributed by atoms with E-state index in [9.17, 15) is 4.79 Å². The van der Waals surface area contributed by atoms with Gasteiger partial charge in [-0.25, -0.2) is 4.79 Å². The molecule has 80 valence electrons. The molecule has 1 aromatic rings. The summed E-state index contributed by atoms with van der Waals surface area (Å²) in [5.41, 5.74) is 0.366. The lowest BCUT2D eigenvalue weighted by Crippen LogP contribution is -2.13. The lowest BCUT2D eigenvalue weighted by Gasteiger charge is -1.98. The fraction of sp³-hybridized carbons (Fsp3) is 0.364. The minimum Gasteiger partial charge on any atom is -0.478 e. The van der Waals surface area contributed by atoms with Gasteiger partial charge in [0.05, 0.1) is 5.56 Å². The Labute approximate surface area is 93.1 Å². The fourth-order valence-electron chi connectivity index (χ4n) is 1.07. The van der Waals surface area contributed by atoms with Crippen LogP contribution in [0.3, 0.4) is 0 Å². The highest BCUT2D eigenvalue weighted by Gasteiger charge is 2.05. The van der Waals surface area contributed by atoms with Gasteiger partial charge in [0.25, 0.3) is 0 Å². The smallest absolute Gasteiger partial charge is 0.336 e. The number of aromatic carboxylic acids is 1. The van der Waals surface area contributed by atoms with Gasteiger partial charge in [0.15, 0.2) is 0 Å². The Hall–Kier alpha value is -1.31. The Kier molecular flexibility index (Phi) is 4.88. The molecule has 0 aliphatic heterocycles. The van der Waals surface area contributed by atoms with Crippen molar-refractivity contribution in [2.24, 2.45) is 0 Å². The van der Waals surface area contributed by atoms with E-state index in [0.29, 0.717) is 12.1 Å². The van der Waals surface area contributed by atoms with E-state index >= 15 is 0 Å². The van der Waals surface area contributed by atoms with Crippen molar-refractivity contribution in [3.8, 4) is 11.8 Å². The zero-order valence-electron chi connectivity index (χ0n) is 8.54. The molecule has 0 bridgehead atoms. The van der Waals surface area contributed by atoms with Crippen LogP contribution in [-0.4, -0.2) is 17.6 Å². The van der Waals surface area contributed by atoms with Crippen LogP contribution in [0.4, 0.5) is 0 Å². The molecular formula is C11H13NO2S. The SMILES string of the molecule is CC#CCCNCc1cc(C(=O)O)cs1. The average molecular weight is 223 g/mol. The Morgan fingerprint density at radius 3 is 3.07 bits per heavy atom. The highest BCUT2D eigenvalue weighted by atomic mass is 32.1. The molecule has 0 aliphatic carbocycles. The van der Waals surface area contributed by atoms with Crippen LogP contribution in [0.5, 0.6) is 0 Å². The van der Waals surface area contributed by atoms with Crippen molar-refractivity contribution in [1.82, 2.24) is 5.32 Å². The van der Waals surface area contributed by atoms with Gasteiger partial charge in [0.1, 0.15) is 0 Å². The molecule has 0 saturated carbocycles. The highest BCUT2D eigenvalue weighted by Crippen LogP contribution is 2.14. The summed E-state index contributed by atoms with van der Waals surface area (Å²) >= 11 is 1.46. The molecule has 2 N–H and O–H groups in total. The minimum atomic E-state index is -0.866. The summed E-state index contributed by atoms with van der Waals surface area (Å²) in [5.74, 6) is 4.91. The number of thiophene rings is 1. The third kappa shape index (κ3) is 4.15. The van der Waals surface area contributed by atoms with Gasteiger partial charge in [0, 0.05) is 29.8 Å². The van der Waals surface area contributed by atoms with Crippen LogP contribution in [0.15, 0.2) is 11.4 Å². The van der Waals surface area contributed by atoms with Crippen molar-refractivity contribution < 1.29 is 9.90 Å².